The summed E-state index contributed by atoms with van der Waals surface area (Å²) in [6, 6.07) is 8.77. The summed E-state index contributed by atoms with van der Waals surface area (Å²) >= 11 is 0.957. The fraction of sp³-hybridized carbons (Fsp3) is 0.231. The number of methoxy groups -OCH3 is 1. The molecule has 1 aromatic carbocycles. The van der Waals surface area contributed by atoms with Gasteiger partial charge in [-0.2, -0.15) is 8.75 Å². The van der Waals surface area contributed by atoms with Gasteiger partial charge < -0.3 is 10.1 Å². The average Bonchev–Trinajstić information content (AvgIpc) is 3.01. The third-order valence-corrected chi connectivity index (χ3v) is 3.18. The van der Waals surface area contributed by atoms with Gasteiger partial charge in [0.1, 0.15) is 0 Å². The molecule has 1 N–H and O–H groups in total. The Morgan fingerprint density at radius 2 is 2.10 bits per heavy atom. The van der Waals surface area contributed by atoms with E-state index in [2.05, 4.69) is 18.8 Å². The van der Waals surface area contributed by atoms with E-state index in [1.165, 1.54) is 13.3 Å². The van der Waals surface area contributed by atoms with Gasteiger partial charge in [0.05, 0.1) is 37.5 Å². The number of ether oxygens (including phenoxy) is 1. The van der Waals surface area contributed by atoms with E-state index in [1.54, 1.807) is 0 Å². The largest absolute Gasteiger partial charge is 0.469 e. The van der Waals surface area contributed by atoms with Crippen LogP contribution in [0, 0.1) is 0 Å². The lowest BCUT2D eigenvalue weighted by molar-refractivity contribution is -0.141. The van der Waals surface area contributed by atoms with Gasteiger partial charge in [-0.1, -0.05) is 30.3 Å². The zero-order valence-electron chi connectivity index (χ0n) is 10.8. The summed E-state index contributed by atoms with van der Waals surface area (Å²) in [5, 5.41) is 2.77. The highest BCUT2D eigenvalue weighted by atomic mass is 32.1. The molecule has 1 aromatic heterocycles. The van der Waals surface area contributed by atoms with E-state index in [0.717, 1.165) is 17.3 Å². The van der Waals surface area contributed by atoms with Crippen LogP contribution in [-0.4, -0.2) is 27.7 Å². The number of rotatable bonds is 5. The van der Waals surface area contributed by atoms with Crippen molar-refractivity contribution in [3.8, 4) is 0 Å². The van der Waals surface area contributed by atoms with Gasteiger partial charge in [0.15, 0.2) is 5.69 Å². The Kier molecular flexibility index (Phi) is 4.78. The molecule has 0 saturated heterocycles. The summed E-state index contributed by atoms with van der Waals surface area (Å²) < 4.78 is 12.3. The summed E-state index contributed by atoms with van der Waals surface area (Å²) in [6.45, 7) is 0. The maximum Gasteiger partial charge on any atom is 0.307 e. The number of carbonyl (C=O) groups excluding carboxylic acids is 2. The molecule has 1 atom stereocenters. The number of hydrogen-bond donors (Lipinski definition) is 1. The Morgan fingerprint density at radius 3 is 2.70 bits per heavy atom. The van der Waals surface area contributed by atoms with Crippen LogP contribution in [0.4, 0.5) is 0 Å². The van der Waals surface area contributed by atoms with Crippen LogP contribution in [0.2, 0.25) is 0 Å². The van der Waals surface area contributed by atoms with Crippen LogP contribution in [0.3, 0.4) is 0 Å². The SMILES string of the molecule is COC(=O)C[C@@H](NC(=O)c1cnsn1)c1ccccc1. The highest BCUT2D eigenvalue weighted by molar-refractivity contribution is 6.99. The lowest BCUT2D eigenvalue weighted by Crippen LogP contribution is -2.30. The number of esters is 1. The van der Waals surface area contributed by atoms with Gasteiger partial charge in [0.25, 0.3) is 5.91 Å². The molecule has 0 radical (unpaired) electrons. The van der Waals surface area contributed by atoms with Crippen molar-refractivity contribution in [2.24, 2.45) is 0 Å². The summed E-state index contributed by atoms with van der Waals surface area (Å²) in [5.74, 6) is -0.757. The van der Waals surface area contributed by atoms with Crippen LogP contribution in [0.25, 0.3) is 0 Å². The molecule has 2 rings (SSSR count). The quantitative estimate of drug-likeness (QED) is 0.846. The number of nitrogens with one attached hydrogen (secondary N) is 1. The maximum atomic E-state index is 12.0. The summed E-state index contributed by atoms with van der Waals surface area (Å²) in [4.78, 5) is 23.5. The van der Waals surface area contributed by atoms with Crippen LogP contribution < -0.4 is 5.32 Å². The Hall–Kier alpha value is -2.28. The van der Waals surface area contributed by atoms with Crippen molar-refractivity contribution in [1.29, 1.82) is 0 Å². The first-order chi connectivity index (χ1) is 9.70. The molecule has 0 saturated carbocycles. The number of nitrogens with zero attached hydrogens (tertiary/aromatic N) is 2. The van der Waals surface area contributed by atoms with Gasteiger partial charge in [-0.25, -0.2) is 0 Å². The predicted molar refractivity (Wildman–Crippen MR) is 73.2 cm³/mol. The number of benzene rings is 1. The molecule has 104 valence electrons. The molecule has 7 heteroatoms. The van der Waals surface area contributed by atoms with E-state index in [9.17, 15) is 9.59 Å². The van der Waals surface area contributed by atoms with Gasteiger partial charge in [-0.05, 0) is 5.56 Å². The van der Waals surface area contributed by atoms with Gasteiger partial charge in [0, 0.05) is 0 Å². The fourth-order valence-electron chi connectivity index (χ4n) is 1.68. The van der Waals surface area contributed by atoms with Crippen LogP contribution in [0.1, 0.15) is 28.5 Å². The molecule has 0 spiro atoms. The molecule has 1 amide bonds. The minimum atomic E-state index is -0.460. The van der Waals surface area contributed by atoms with E-state index in [-0.39, 0.29) is 18.0 Å². The second-order valence-electron chi connectivity index (χ2n) is 4.01. The third-order valence-electron chi connectivity index (χ3n) is 2.70. The molecule has 6 nitrogen and oxygen atoms in total. The second kappa shape index (κ2) is 6.76. The topological polar surface area (TPSA) is 81.2 Å². The number of hydrogen-bond acceptors (Lipinski definition) is 6. The lowest BCUT2D eigenvalue weighted by atomic mass is 10.0. The molecular weight excluding hydrogens is 278 g/mol. The molecule has 0 unspecified atom stereocenters. The molecule has 0 aliphatic rings. The van der Waals surface area contributed by atoms with Gasteiger partial charge in [-0.3, -0.25) is 9.59 Å². The number of amides is 1. The molecule has 20 heavy (non-hydrogen) atoms. The van der Waals surface area contributed by atoms with E-state index < -0.39 is 12.0 Å². The number of aromatic nitrogens is 2. The minimum Gasteiger partial charge on any atom is -0.469 e. The zero-order chi connectivity index (χ0) is 14.4. The van der Waals surface area contributed by atoms with E-state index in [1.807, 2.05) is 30.3 Å². The first-order valence-corrected chi connectivity index (χ1v) is 6.64. The highest BCUT2D eigenvalue weighted by Gasteiger charge is 2.20. The lowest BCUT2D eigenvalue weighted by Gasteiger charge is -2.17. The summed E-state index contributed by atoms with van der Waals surface area (Å²) in [6.07, 6.45) is 1.45. The normalized spacial score (nSPS) is 11.7. The summed E-state index contributed by atoms with van der Waals surface area (Å²) in [5.41, 5.74) is 1.07. The van der Waals surface area contributed by atoms with Crippen LogP contribution in [-0.2, 0) is 9.53 Å². The Labute approximate surface area is 120 Å². The zero-order valence-corrected chi connectivity index (χ0v) is 11.6. The van der Waals surface area contributed by atoms with E-state index >= 15 is 0 Å². The van der Waals surface area contributed by atoms with Crippen molar-refractivity contribution in [2.45, 2.75) is 12.5 Å². The van der Waals surface area contributed by atoms with E-state index in [4.69, 9.17) is 0 Å². The monoisotopic (exact) mass is 291 g/mol. The molecule has 0 aliphatic carbocycles. The average molecular weight is 291 g/mol. The molecular formula is C13H13N3O3S. The molecule has 0 aliphatic heterocycles. The van der Waals surface area contributed by atoms with Crippen molar-refractivity contribution in [1.82, 2.24) is 14.1 Å². The molecule has 1 heterocycles. The minimum absolute atomic E-state index is 0.0593. The second-order valence-corrected chi connectivity index (χ2v) is 4.57. The van der Waals surface area contributed by atoms with Crippen LogP contribution in [0.5, 0.6) is 0 Å². The van der Waals surface area contributed by atoms with Crippen molar-refractivity contribution in [2.75, 3.05) is 7.11 Å². The first kappa shape index (κ1) is 14.1. The standard InChI is InChI=1S/C13H13N3O3S/c1-19-12(17)7-10(9-5-3-2-4-6-9)15-13(18)11-8-14-20-16-11/h2-6,8,10H,7H2,1H3,(H,15,18)/t10-/m1/s1. The highest BCUT2D eigenvalue weighted by Crippen LogP contribution is 2.17. The fourth-order valence-corrected chi connectivity index (χ4v) is 2.10. The third kappa shape index (κ3) is 3.61. The maximum absolute atomic E-state index is 12.0. The van der Waals surface area contributed by atoms with Crippen LogP contribution >= 0.6 is 11.7 Å². The van der Waals surface area contributed by atoms with Crippen LogP contribution in [0.15, 0.2) is 36.5 Å². The first-order valence-electron chi connectivity index (χ1n) is 5.91. The van der Waals surface area contributed by atoms with Crippen molar-refractivity contribution in [3.05, 3.63) is 47.8 Å². The van der Waals surface area contributed by atoms with Crippen molar-refractivity contribution >= 4 is 23.6 Å². The molecule has 0 fully saturated rings. The Bertz CT molecular complexity index is 572. The van der Waals surface area contributed by atoms with Crippen molar-refractivity contribution in [3.63, 3.8) is 0 Å². The Balaban J connectivity index is 2.14. The van der Waals surface area contributed by atoms with E-state index in [0.29, 0.717) is 0 Å². The van der Waals surface area contributed by atoms with Gasteiger partial charge >= 0.3 is 5.97 Å². The molecule has 0 bridgehead atoms. The van der Waals surface area contributed by atoms with Gasteiger partial charge in [0.2, 0.25) is 0 Å². The predicted octanol–water partition coefficient (Wildman–Crippen LogP) is 1.57. The van der Waals surface area contributed by atoms with Gasteiger partial charge in [-0.15, -0.1) is 0 Å². The number of carbonyl (C=O) groups is 2. The van der Waals surface area contributed by atoms with Crippen molar-refractivity contribution < 1.29 is 14.3 Å². The summed E-state index contributed by atoms with van der Waals surface area (Å²) in [7, 11) is 1.32. The molecule has 2 aromatic rings. The smallest absolute Gasteiger partial charge is 0.307 e. The Morgan fingerprint density at radius 1 is 1.35 bits per heavy atom.